The average molecular weight is 259 g/mol. The van der Waals surface area contributed by atoms with Gasteiger partial charge in [0.2, 0.25) is 0 Å². The highest BCUT2D eigenvalue weighted by molar-refractivity contribution is 5.41. The van der Waals surface area contributed by atoms with Crippen molar-refractivity contribution in [3.63, 3.8) is 0 Å². The normalized spacial score (nSPS) is 26.3. The molecular formula is C16H25N3. The Morgan fingerprint density at radius 3 is 2.74 bits per heavy atom. The van der Waals surface area contributed by atoms with Crippen molar-refractivity contribution < 1.29 is 0 Å². The summed E-state index contributed by atoms with van der Waals surface area (Å²) in [6.07, 6.45) is 9.10. The van der Waals surface area contributed by atoms with Crippen LogP contribution in [0.25, 0.3) is 0 Å². The Kier molecular flexibility index (Phi) is 3.40. The molecule has 3 aliphatic rings. The Morgan fingerprint density at radius 2 is 2.11 bits per heavy atom. The van der Waals surface area contributed by atoms with Crippen molar-refractivity contribution in [2.45, 2.75) is 19.8 Å². The molecule has 0 aromatic rings. The number of piperidine rings is 1. The first-order valence-corrected chi connectivity index (χ1v) is 7.50. The highest BCUT2D eigenvalue weighted by Gasteiger charge is 2.45. The maximum Gasteiger partial charge on any atom is 0.0597 e. The van der Waals surface area contributed by atoms with Gasteiger partial charge < -0.3 is 15.1 Å². The fourth-order valence-corrected chi connectivity index (χ4v) is 3.57. The summed E-state index contributed by atoms with van der Waals surface area (Å²) in [4.78, 5) is 5.09. The van der Waals surface area contributed by atoms with Gasteiger partial charge in [-0.15, -0.1) is 0 Å². The van der Waals surface area contributed by atoms with Crippen LogP contribution >= 0.6 is 0 Å². The second-order valence-corrected chi connectivity index (χ2v) is 6.09. The van der Waals surface area contributed by atoms with E-state index >= 15 is 0 Å². The third-order valence-electron chi connectivity index (χ3n) is 4.95. The van der Waals surface area contributed by atoms with E-state index < -0.39 is 0 Å². The monoisotopic (exact) mass is 259 g/mol. The minimum absolute atomic E-state index is 0.593. The van der Waals surface area contributed by atoms with E-state index in [1.54, 1.807) is 0 Å². The van der Waals surface area contributed by atoms with Crippen LogP contribution in [0.2, 0.25) is 0 Å². The van der Waals surface area contributed by atoms with E-state index in [1.807, 2.05) is 6.08 Å². The van der Waals surface area contributed by atoms with Gasteiger partial charge >= 0.3 is 0 Å². The van der Waals surface area contributed by atoms with Gasteiger partial charge in [0.1, 0.15) is 0 Å². The zero-order chi connectivity index (χ0) is 13.3. The molecule has 3 aliphatic heterocycles. The molecule has 1 spiro atoms. The zero-order valence-electron chi connectivity index (χ0n) is 12.0. The smallest absolute Gasteiger partial charge is 0.0597 e. The molecular weight excluding hydrogens is 234 g/mol. The van der Waals surface area contributed by atoms with Gasteiger partial charge in [0.05, 0.1) is 5.70 Å². The van der Waals surface area contributed by atoms with Crippen LogP contribution in [-0.4, -0.2) is 49.1 Å². The third kappa shape index (κ3) is 2.32. The van der Waals surface area contributed by atoms with Crippen LogP contribution in [0, 0.1) is 5.41 Å². The molecule has 0 aromatic carbocycles. The molecule has 0 radical (unpaired) electrons. The van der Waals surface area contributed by atoms with E-state index in [0.717, 1.165) is 6.54 Å². The topological polar surface area (TPSA) is 18.5 Å². The first-order valence-electron chi connectivity index (χ1n) is 7.50. The van der Waals surface area contributed by atoms with E-state index in [0.29, 0.717) is 5.41 Å². The molecule has 3 heteroatoms. The SMILES string of the molecule is C=CC1=CCNC=C1N1CC2(CCN(CC)CC2)C1. The molecule has 104 valence electrons. The number of nitrogens with zero attached hydrogens (tertiary/aromatic N) is 2. The molecule has 0 atom stereocenters. The molecule has 2 fully saturated rings. The average Bonchev–Trinajstić information content (AvgIpc) is 2.45. The minimum Gasteiger partial charge on any atom is -0.386 e. The number of dihydropyridines is 1. The van der Waals surface area contributed by atoms with Crippen molar-refractivity contribution in [2.24, 2.45) is 5.41 Å². The van der Waals surface area contributed by atoms with Crippen LogP contribution in [-0.2, 0) is 0 Å². The highest BCUT2D eigenvalue weighted by atomic mass is 15.2. The Bertz CT molecular complexity index is 406. The summed E-state index contributed by atoms with van der Waals surface area (Å²) in [7, 11) is 0. The summed E-state index contributed by atoms with van der Waals surface area (Å²) in [5, 5.41) is 3.32. The fraction of sp³-hybridized carbons (Fsp3) is 0.625. The van der Waals surface area contributed by atoms with Crippen molar-refractivity contribution in [2.75, 3.05) is 39.3 Å². The predicted octanol–water partition coefficient (Wildman–Crippen LogP) is 1.96. The lowest BCUT2D eigenvalue weighted by molar-refractivity contribution is -0.0242. The van der Waals surface area contributed by atoms with E-state index in [-0.39, 0.29) is 0 Å². The van der Waals surface area contributed by atoms with Gasteiger partial charge in [0.15, 0.2) is 0 Å². The number of hydrogen-bond acceptors (Lipinski definition) is 3. The van der Waals surface area contributed by atoms with E-state index in [1.165, 1.54) is 56.8 Å². The van der Waals surface area contributed by atoms with Gasteiger partial charge in [0.25, 0.3) is 0 Å². The summed E-state index contributed by atoms with van der Waals surface area (Å²) in [5.41, 5.74) is 3.22. The summed E-state index contributed by atoms with van der Waals surface area (Å²) in [6.45, 7) is 13.3. The molecule has 0 unspecified atom stereocenters. The summed E-state index contributed by atoms with van der Waals surface area (Å²) in [5.74, 6) is 0. The molecule has 0 aromatic heterocycles. The maximum absolute atomic E-state index is 3.93. The standard InChI is InChI=1S/C16H25N3/c1-3-14-5-8-17-11-15(14)19-12-16(13-19)6-9-18(4-2)10-7-16/h3,5,11,17H,1,4,6-10,12-13H2,2H3. The zero-order valence-corrected chi connectivity index (χ0v) is 12.0. The van der Waals surface area contributed by atoms with Gasteiger partial charge in [0, 0.05) is 31.2 Å². The summed E-state index contributed by atoms with van der Waals surface area (Å²) in [6, 6.07) is 0. The molecule has 0 saturated carbocycles. The number of hydrogen-bond donors (Lipinski definition) is 1. The molecule has 0 aliphatic carbocycles. The van der Waals surface area contributed by atoms with Gasteiger partial charge in [-0.25, -0.2) is 0 Å². The van der Waals surface area contributed by atoms with Crippen LogP contribution in [0.15, 0.2) is 36.2 Å². The largest absolute Gasteiger partial charge is 0.386 e. The number of rotatable bonds is 3. The Balaban J connectivity index is 1.59. The number of allylic oxidation sites excluding steroid dienone is 1. The van der Waals surface area contributed by atoms with Crippen LogP contribution in [0.3, 0.4) is 0 Å². The van der Waals surface area contributed by atoms with Gasteiger partial charge in [-0.2, -0.15) is 0 Å². The minimum atomic E-state index is 0.593. The summed E-state index contributed by atoms with van der Waals surface area (Å²) >= 11 is 0. The van der Waals surface area contributed by atoms with Crippen molar-refractivity contribution in [1.82, 2.24) is 15.1 Å². The van der Waals surface area contributed by atoms with Gasteiger partial charge in [-0.3, -0.25) is 0 Å². The number of nitrogens with one attached hydrogen (secondary N) is 1. The third-order valence-corrected chi connectivity index (χ3v) is 4.95. The lowest BCUT2D eigenvalue weighted by Crippen LogP contribution is -2.60. The van der Waals surface area contributed by atoms with Crippen molar-refractivity contribution in [3.05, 3.63) is 36.2 Å². The Labute approximate surface area is 116 Å². The van der Waals surface area contributed by atoms with Crippen molar-refractivity contribution in [3.8, 4) is 0 Å². The predicted molar refractivity (Wildman–Crippen MR) is 79.7 cm³/mol. The van der Waals surface area contributed by atoms with Crippen LogP contribution in [0.4, 0.5) is 0 Å². The van der Waals surface area contributed by atoms with Gasteiger partial charge in [-0.1, -0.05) is 25.7 Å². The molecule has 0 amide bonds. The van der Waals surface area contributed by atoms with E-state index in [2.05, 4.69) is 40.9 Å². The Morgan fingerprint density at radius 1 is 1.37 bits per heavy atom. The van der Waals surface area contributed by atoms with Crippen LogP contribution in [0.5, 0.6) is 0 Å². The van der Waals surface area contributed by atoms with Crippen LogP contribution in [0.1, 0.15) is 19.8 Å². The molecule has 3 nitrogen and oxygen atoms in total. The maximum atomic E-state index is 3.93. The van der Waals surface area contributed by atoms with Gasteiger partial charge in [-0.05, 0) is 38.0 Å². The molecule has 19 heavy (non-hydrogen) atoms. The van der Waals surface area contributed by atoms with Crippen LogP contribution < -0.4 is 5.32 Å². The highest BCUT2D eigenvalue weighted by Crippen LogP contribution is 2.43. The lowest BCUT2D eigenvalue weighted by atomic mass is 9.71. The second-order valence-electron chi connectivity index (χ2n) is 6.09. The first-order chi connectivity index (χ1) is 9.26. The lowest BCUT2D eigenvalue weighted by Gasteiger charge is -2.56. The van der Waals surface area contributed by atoms with Crippen molar-refractivity contribution >= 4 is 0 Å². The first kappa shape index (κ1) is 12.8. The van der Waals surface area contributed by atoms with Crippen molar-refractivity contribution in [1.29, 1.82) is 0 Å². The molecule has 2 saturated heterocycles. The summed E-state index contributed by atoms with van der Waals surface area (Å²) < 4.78 is 0. The molecule has 1 N–H and O–H groups in total. The Hall–Kier alpha value is -1.22. The number of likely N-dealkylation sites (tertiary alicyclic amines) is 2. The second kappa shape index (κ2) is 5.04. The van der Waals surface area contributed by atoms with E-state index in [4.69, 9.17) is 0 Å². The molecule has 3 heterocycles. The van der Waals surface area contributed by atoms with E-state index in [9.17, 15) is 0 Å². The quantitative estimate of drug-likeness (QED) is 0.836. The molecule has 3 rings (SSSR count). The molecule has 0 bridgehead atoms. The fourth-order valence-electron chi connectivity index (χ4n) is 3.57.